The fraction of sp³-hybridized carbons (Fsp3) is 0.467. The molecule has 0 radical (unpaired) electrons. The maximum Gasteiger partial charge on any atom is 0.135 e. The van der Waals surface area contributed by atoms with Crippen molar-refractivity contribution < 1.29 is 5.11 Å². The molecular formula is C15H19N5O. The first-order valence-corrected chi connectivity index (χ1v) is 7.11. The molecule has 0 aromatic carbocycles. The fourth-order valence-corrected chi connectivity index (χ4v) is 2.77. The Labute approximate surface area is 123 Å². The summed E-state index contributed by atoms with van der Waals surface area (Å²) in [7, 11) is 0. The molecule has 3 heterocycles. The van der Waals surface area contributed by atoms with Gasteiger partial charge in [-0.2, -0.15) is 0 Å². The molecule has 0 saturated carbocycles. The van der Waals surface area contributed by atoms with Crippen molar-refractivity contribution in [2.45, 2.75) is 26.4 Å². The van der Waals surface area contributed by atoms with E-state index in [1.807, 2.05) is 20.0 Å². The molecule has 2 aromatic rings. The van der Waals surface area contributed by atoms with Crippen molar-refractivity contribution in [3.8, 4) is 0 Å². The van der Waals surface area contributed by atoms with Crippen molar-refractivity contribution in [2.24, 2.45) is 5.92 Å². The summed E-state index contributed by atoms with van der Waals surface area (Å²) in [5, 5.41) is 10.3. The van der Waals surface area contributed by atoms with Crippen LogP contribution in [0.2, 0.25) is 0 Å². The number of aryl methyl sites for hydroxylation is 2. The van der Waals surface area contributed by atoms with Crippen molar-refractivity contribution in [1.82, 2.24) is 19.9 Å². The first-order valence-electron chi connectivity index (χ1n) is 7.11. The van der Waals surface area contributed by atoms with E-state index in [4.69, 9.17) is 0 Å². The molecule has 110 valence electrons. The number of aliphatic hydroxyl groups is 1. The lowest BCUT2D eigenvalue weighted by Gasteiger charge is -2.19. The van der Waals surface area contributed by atoms with Crippen LogP contribution >= 0.6 is 0 Å². The Balaban J connectivity index is 1.75. The Bertz CT molecular complexity index is 619. The zero-order valence-corrected chi connectivity index (χ0v) is 12.3. The number of rotatable bonds is 3. The molecule has 1 N–H and O–H groups in total. The van der Waals surface area contributed by atoms with Gasteiger partial charge < -0.3 is 10.0 Å². The van der Waals surface area contributed by atoms with E-state index in [1.54, 1.807) is 18.6 Å². The minimum atomic E-state index is -0.373. The van der Waals surface area contributed by atoms with E-state index in [2.05, 4.69) is 24.8 Å². The molecule has 0 spiro atoms. The van der Waals surface area contributed by atoms with Crippen molar-refractivity contribution in [3.05, 3.63) is 41.9 Å². The molecule has 1 aliphatic rings. The molecule has 2 aromatic heterocycles. The summed E-state index contributed by atoms with van der Waals surface area (Å²) in [4.78, 5) is 19.2. The van der Waals surface area contributed by atoms with Crippen molar-refractivity contribution >= 4 is 5.82 Å². The number of anilines is 1. The Kier molecular flexibility index (Phi) is 3.79. The highest BCUT2D eigenvalue weighted by atomic mass is 16.3. The molecule has 0 unspecified atom stereocenters. The summed E-state index contributed by atoms with van der Waals surface area (Å²) in [6.07, 6.45) is 7.30. The highest BCUT2D eigenvalue weighted by molar-refractivity contribution is 5.46. The van der Waals surface area contributed by atoms with Gasteiger partial charge in [0.2, 0.25) is 0 Å². The number of β-amino-alcohol motifs (C(OH)–C–C–N with tert-alkyl or cyclic N) is 1. The molecule has 21 heavy (non-hydrogen) atoms. The van der Waals surface area contributed by atoms with E-state index >= 15 is 0 Å². The lowest BCUT2D eigenvalue weighted by Crippen LogP contribution is -2.23. The Hall–Kier alpha value is -2.08. The molecule has 0 aliphatic carbocycles. The van der Waals surface area contributed by atoms with Crippen LogP contribution in [-0.2, 0) is 6.42 Å². The van der Waals surface area contributed by atoms with E-state index in [-0.39, 0.29) is 12.0 Å². The van der Waals surface area contributed by atoms with Crippen molar-refractivity contribution in [3.63, 3.8) is 0 Å². The van der Waals surface area contributed by atoms with Crippen LogP contribution in [0.5, 0.6) is 0 Å². The molecule has 0 amide bonds. The van der Waals surface area contributed by atoms with Crippen LogP contribution in [0, 0.1) is 19.8 Å². The molecule has 1 aliphatic heterocycles. The minimum absolute atomic E-state index is 0.149. The summed E-state index contributed by atoms with van der Waals surface area (Å²) in [6.45, 7) is 5.25. The maximum atomic E-state index is 10.3. The monoisotopic (exact) mass is 285 g/mol. The smallest absolute Gasteiger partial charge is 0.135 e. The Morgan fingerprint density at radius 3 is 2.81 bits per heavy atom. The van der Waals surface area contributed by atoms with Gasteiger partial charge in [-0.15, -0.1) is 0 Å². The lowest BCUT2D eigenvalue weighted by atomic mass is 10.0. The van der Waals surface area contributed by atoms with Crippen LogP contribution in [0.3, 0.4) is 0 Å². The second kappa shape index (κ2) is 5.73. The predicted octanol–water partition coefficient (Wildman–Crippen LogP) is 0.923. The van der Waals surface area contributed by atoms with Crippen LogP contribution in [0.25, 0.3) is 0 Å². The summed E-state index contributed by atoms with van der Waals surface area (Å²) in [6, 6.07) is 0. The molecule has 2 atom stereocenters. The highest BCUT2D eigenvalue weighted by Crippen LogP contribution is 2.26. The topological polar surface area (TPSA) is 75.0 Å². The summed E-state index contributed by atoms with van der Waals surface area (Å²) < 4.78 is 0. The van der Waals surface area contributed by atoms with Crippen LogP contribution in [0.15, 0.2) is 24.8 Å². The second-order valence-electron chi connectivity index (χ2n) is 5.56. The average Bonchev–Trinajstić information content (AvgIpc) is 2.84. The fourth-order valence-electron chi connectivity index (χ4n) is 2.77. The van der Waals surface area contributed by atoms with Gasteiger partial charge in [-0.05, 0) is 20.3 Å². The van der Waals surface area contributed by atoms with Gasteiger partial charge in [0.15, 0.2) is 0 Å². The second-order valence-corrected chi connectivity index (χ2v) is 5.56. The summed E-state index contributed by atoms with van der Waals surface area (Å²) >= 11 is 0. The summed E-state index contributed by atoms with van der Waals surface area (Å²) in [5.74, 6) is 1.82. The van der Waals surface area contributed by atoms with Gasteiger partial charge in [0.05, 0.1) is 11.8 Å². The van der Waals surface area contributed by atoms with Gasteiger partial charge in [-0.25, -0.2) is 9.97 Å². The van der Waals surface area contributed by atoms with Gasteiger partial charge in [0.1, 0.15) is 11.6 Å². The van der Waals surface area contributed by atoms with Crippen LogP contribution in [-0.4, -0.2) is 44.2 Å². The number of aromatic nitrogens is 4. The quantitative estimate of drug-likeness (QED) is 0.904. The van der Waals surface area contributed by atoms with Gasteiger partial charge >= 0.3 is 0 Å². The number of aliphatic hydroxyl groups excluding tert-OH is 1. The first kappa shape index (κ1) is 13.9. The third kappa shape index (κ3) is 3.00. The Morgan fingerprint density at radius 2 is 2.05 bits per heavy atom. The summed E-state index contributed by atoms with van der Waals surface area (Å²) in [5.41, 5.74) is 1.95. The Morgan fingerprint density at radius 1 is 1.19 bits per heavy atom. The molecule has 6 heteroatoms. The molecule has 1 saturated heterocycles. The zero-order chi connectivity index (χ0) is 14.8. The molecule has 1 fully saturated rings. The van der Waals surface area contributed by atoms with E-state index in [9.17, 15) is 5.11 Å². The lowest BCUT2D eigenvalue weighted by molar-refractivity contribution is 0.147. The molecule has 0 bridgehead atoms. The molecular weight excluding hydrogens is 266 g/mol. The predicted molar refractivity (Wildman–Crippen MR) is 79.0 cm³/mol. The standard InChI is InChI=1S/C15H19N5O/c1-10-6-18-11(2)19-15(10)20-8-12(14(21)9-20)5-13-7-16-3-4-17-13/h3-4,6-7,12,14,21H,5,8-9H2,1-2H3/t12-,14-/m1/s1. The minimum Gasteiger partial charge on any atom is -0.391 e. The van der Waals surface area contributed by atoms with Gasteiger partial charge in [-0.3, -0.25) is 9.97 Å². The number of hydrogen-bond donors (Lipinski definition) is 1. The van der Waals surface area contributed by atoms with Crippen LogP contribution < -0.4 is 4.90 Å². The average molecular weight is 285 g/mol. The van der Waals surface area contributed by atoms with Crippen LogP contribution in [0.1, 0.15) is 17.1 Å². The van der Waals surface area contributed by atoms with E-state index in [0.717, 1.165) is 35.9 Å². The van der Waals surface area contributed by atoms with Crippen molar-refractivity contribution in [1.29, 1.82) is 0 Å². The largest absolute Gasteiger partial charge is 0.391 e. The SMILES string of the molecule is Cc1ncc(C)c(N2C[C@@H](Cc3cnccn3)[C@H](O)C2)n1. The zero-order valence-electron chi connectivity index (χ0n) is 12.3. The number of hydrogen-bond acceptors (Lipinski definition) is 6. The van der Waals surface area contributed by atoms with E-state index in [0.29, 0.717) is 6.54 Å². The van der Waals surface area contributed by atoms with Gasteiger partial charge in [-0.1, -0.05) is 0 Å². The molecule has 3 rings (SSSR count). The first-order chi connectivity index (χ1) is 10.1. The highest BCUT2D eigenvalue weighted by Gasteiger charge is 2.33. The van der Waals surface area contributed by atoms with Gasteiger partial charge in [0, 0.05) is 49.4 Å². The van der Waals surface area contributed by atoms with Gasteiger partial charge in [0.25, 0.3) is 0 Å². The third-order valence-corrected chi connectivity index (χ3v) is 3.86. The normalized spacial score (nSPS) is 21.8. The van der Waals surface area contributed by atoms with Crippen LogP contribution in [0.4, 0.5) is 5.82 Å². The third-order valence-electron chi connectivity index (χ3n) is 3.86. The molecule has 6 nitrogen and oxygen atoms in total. The van der Waals surface area contributed by atoms with Crippen molar-refractivity contribution in [2.75, 3.05) is 18.0 Å². The number of nitrogens with zero attached hydrogens (tertiary/aromatic N) is 5. The maximum absolute atomic E-state index is 10.3. The van der Waals surface area contributed by atoms with E-state index < -0.39 is 0 Å². The van der Waals surface area contributed by atoms with E-state index in [1.165, 1.54) is 0 Å².